The predicted molar refractivity (Wildman–Crippen MR) is 63.3 cm³/mol. The van der Waals surface area contributed by atoms with E-state index in [1.54, 1.807) is 10.9 Å². The van der Waals surface area contributed by atoms with Crippen molar-refractivity contribution in [2.24, 2.45) is 0 Å². The van der Waals surface area contributed by atoms with Gasteiger partial charge in [0.05, 0.1) is 12.2 Å². The molecule has 1 rings (SSSR count). The van der Waals surface area contributed by atoms with Gasteiger partial charge in [-0.1, -0.05) is 0 Å². The first kappa shape index (κ1) is 13.0. The van der Waals surface area contributed by atoms with Gasteiger partial charge in [-0.2, -0.15) is 5.10 Å². The Kier molecular flexibility index (Phi) is 4.08. The molecule has 0 fully saturated rings. The highest BCUT2D eigenvalue weighted by Crippen LogP contribution is 2.11. The van der Waals surface area contributed by atoms with E-state index in [1.165, 1.54) is 19.0 Å². The number of aryl methyl sites for hydroxylation is 1. The molecule has 0 bridgehead atoms. The zero-order chi connectivity index (χ0) is 13.0. The van der Waals surface area contributed by atoms with E-state index in [4.69, 9.17) is 5.73 Å². The van der Waals surface area contributed by atoms with E-state index in [9.17, 15) is 9.59 Å². The number of carbonyl (C=O) groups is 2. The largest absolute Gasteiger partial charge is 0.396 e. The minimum absolute atomic E-state index is 0.0201. The molecule has 94 valence electrons. The van der Waals surface area contributed by atoms with E-state index in [2.05, 4.69) is 10.4 Å². The van der Waals surface area contributed by atoms with E-state index >= 15 is 0 Å². The van der Waals surface area contributed by atoms with E-state index in [1.807, 2.05) is 6.92 Å². The van der Waals surface area contributed by atoms with Crippen molar-refractivity contribution in [3.63, 3.8) is 0 Å². The molecular formula is C10H17N5O2. The van der Waals surface area contributed by atoms with Crippen LogP contribution in [-0.4, -0.2) is 47.1 Å². The summed E-state index contributed by atoms with van der Waals surface area (Å²) in [5.41, 5.74) is 6.19. The van der Waals surface area contributed by atoms with Crippen LogP contribution in [0.15, 0.2) is 6.20 Å². The molecule has 0 saturated carbocycles. The fourth-order valence-electron chi connectivity index (χ4n) is 1.31. The minimum Gasteiger partial charge on any atom is -0.396 e. The van der Waals surface area contributed by atoms with Crippen LogP contribution in [-0.2, 0) is 11.3 Å². The zero-order valence-electron chi connectivity index (χ0n) is 10.2. The average molecular weight is 239 g/mol. The Labute approximate surface area is 99.6 Å². The van der Waals surface area contributed by atoms with Gasteiger partial charge in [-0.05, 0) is 6.92 Å². The van der Waals surface area contributed by atoms with Crippen LogP contribution in [0.2, 0.25) is 0 Å². The van der Waals surface area contributed by atoms with Gasteiger partial charge in [-0.3, -0.25) is 14.3 Å². The predicted octanol–water partition coefficient (Wildman–Crippen LogP) is -0.697. The smallest absolute Gasteiger partial charge is 0.276 e. The molecule has 1 aromatic rings. The summed E-state index contributed by atoms with van der Waals surface area (Å²) < 4.78 is 1.58. The molecule has 1 heterocycles. The number of likely N-dealkylation sites (N-methyl/N-ethyl adjacent to an activating group) is 2. The number of carbonyl (C=O) groups excluding carboxylic acids is 2. The third kappa shape index (κ3) is 2.96. The summed E-state index contributed by atoms with van der Waals surface area (Å²) in [6.07, 6.45) is 1.60. The molecule has 0 unspecified atom stereocenters. The van der Waals surface area contributed by atoms with Crippen molar-refractivity contribution in [2.45, 2.75) is 13.5 Å². The number of nitrogens with one attached hydrogen (secondary N) is 1. The summed E-state index contributed by atoms with van der Waals surface area (Å²) in [7, 11) is 3.04. The molecule has 0 aromatic carbocycles. The van der Waals surface area contributed by atoms with Gasteiger partial charge in [0.25, 0.3) is 5.91 Å². The molecule has 2 amide bonds. The lowest BCUT2D eigenvalue weighted by atomic mass is 10.3. The van der Waals surface area contributed by atoms with E-state index < -0.39 is 0 Å². The number of nitrogens with two attached hydrogens (primary N) is 1. The normalized spacial score (nSPS) is 10.1. The Morgan fingerprint density at radius 1 is 1.59 bits per heavy atom. The third-order valence-corrected chi connectivity index (χ3v) is 2.32. The quantitative estimate of drug-likeness (QED) is 0.726. The summed E-state index contributed by atoms with van der Waals surface area (Å²) in [4.78, 5) is 24.4. The Morgan fingerprint density at radius 3 is 2.71 bits per heavy atom. The van der Waals surface area contributed by atoms with Gasteiger partial charge in [-0.25, -0.2) is 0 Å². The number of hydrogen-bond acceptors (Lipinski definition) is 4. The van der Waals surface area contributed by atoms with Crippen molar-refractivity contribution >= 4 is 17.5 Å². The number of anilines is 1. The van der Waals surface area contributed by atoms with Crippen LogP contribution in [0.25, 0.3) is 0 Å². The maximum atomic E-state index is 11.9. The van der Waals surface area contributed by atoms with Crippen LogP contribution in [0.4, 0.5) is 5.69 Å². The Balaban J connectivity index is 2.81. The lowest BCUT2D eigenvalue weighted by Crippen LogP contribution is -2.37. The number of aromatic nitrogens is 2. The molecule has 0 spiro atoms. The molecule has 0 atom stereocenters. The van der Waals surface area contributed by atoms with Crippen LogP contribution in [0.3, 0.4) is 0 Å². The number of amides is 2. The molecule has 0 aliphatic rings. The molecule has 7 nitrogen and oxygen atoms in total. The molecule has 7 heteroatoms. The lowest BCUT2D eigenvalue weighted by molar-refractivity contribution is -0.121. The third-order valence-electron chi connectivity index (χ3n) is 2.32. The average Bonchev–Trinajstić information content (AvgIpc) is 2.69. The molecule has 0 aliphatic heterocycles. The first-order valence-corrected chi connectivity index (χ1v) is 5.28. The number of hydrogen-bond donors (Lipinski definition) is 2. The van der Waals surface area contributed by atoms with Crippen molar-refractivity contribution in [3.05, 3.63) is 11.9 Å². The number of nitrogen functional groups attached to an aromatic ring is 1. The van der Waals surface area contributed by atoms with E-state index in [0.717, 1.165) is 0 Å². The van der Waals surface area contributed by atoms with Crippen LogP contribution in [0.1, 0.15) is 17.4 Å². The van der Waals surface area contributed by atoms with Gasteiger partial charge < -0.3 is 16.0 Å². The van der Waals surface area contributed by atoms with Gasteiger partial charge in [0, 0.05) is 26.8 Å². The monoisotopic (exact) mass is 239 g/mol. The molecule has 1 aromatic heterocycles. The summed E-state index contributed by atoms with van der Waals surface area (Å²) in [6, 6.07) is 0. The van der Waals surface area contributed by atoms with Gasteiger partial charge >= 0.3 is 0 Å². The number of rotatable bonds is 4. The van der Waals surface area contributed by atoms with Crippen molar-refractivity contribution in [1.29, 1.82) is 0 Å². The maximum Gasteiger partial charge on any atom is 0.276 e. The maximum absolute atomic E-state index is 11.9. The minimum atomic E-state index is -0.363. The molecular weight excluding hydrogens is 222 g/mol. The fourth-order valence-corrected chi connectivity index (χ4v) is 1.31. The van der Waals surface area contributed by atoms with Crippen molar-refractivity contribution in [1.82, 2.24) is 20.0 Å². The van der Waals surface area contributed by atoms with Crippen LogP contribution in [0, 0.1) is 0 Å². The zero-order valence-corrected chi connectivity index (χ0v) is 10.2. The van der Waals surface area contributed by atoms with Crippen molar-refractivity contribution < 1.29 is 9.59 Å². The first-order valence-electron chi connectivity index (χ1n) is 5.28. The highest BCUT2D eigenvalue weighted by Gasteiger charge is 2.20. The van der Waals surface area contributed by atoms with Gasteiger partial charge in [0.2, 0.25) is 5.91 Å². The second-order valence-corrected chi connectivity index (χ2v) is 3.62. The van der Waals surface area contributed by atoms with Gasteiger partial charge in [-0.15, -0.1) is 0 Å². The highest BCUT2D eigenvalue weighted by atomic mass is 16.2. The van der Waals surface area contributed by atoms with Crippen molar-refractivity contribution in [2.75, 3.05) is 26.4 Å². The summed E-state index contributed by atoms with van der Waals surface area (Å²) in [5, 5.41) is 6.49. The van der Waals surface area contributed by atoms with Crippen LogP contribution < -0.4 is 11.1 Å². The Morgan fingerprint density at radius 2 is 2.24 bits per heavy atom. The highest BCUT2D eigenvalue weighted by molar-refractivity contribution is 5.98. The molecule has 0 saturated heterocycles. The van der Waals surface area contributed by atoms with Crippen molar-refractivity contribution in [3.8, 4) is 0 Å². The SMILES string of the molecule is CCn1cc(N)c(C(=O)N(C)CC(=O)NC)n1. The Bertz CT molecular complexity index is 426. The number of nitrogens with zero attached hydrogens (tertiary/aromatic N) is 3. The second-order valence-electron chi connectivity index (χ2n) is 3.62. The first-order chi connectivity index (χ1) is 7.99. The molecule has 0 radical (unpaired) electrons. The van der Waals surface area contributed by atoms with E-state index in [-0.39, 0.29) is 24.1 Å². The second kappa shape index (κ2) is 5.33. The molecule has 17 heavy (non-hydrogen) atoms. The molecule has 3 N–H and O–H groups in total. The van der Waals surface area contributed by atoms with E-state index in [0.29, 0.717) is 12.2 Å². The van der Waals surface area contributed by atoms with Crippen LogP contribution in [0.5, 0.6) is 0 Å². The summed E-state index contributed by atoms with van der Waals surface area (Å²) in [6.45, 7) is 2.51. The van der Waals surface area contributed by atoms with Gasteiger partial charge in [0.1, 0.15) is 0 Å². The Hall–Kier alpha value is -2.05. The topological polar surface area (TPSA) is 93.2 Å². The molecule has 0 aliphatic carbocycles. The van der Waals surface area contributed by atoms with Crippen LogP contribution >= 0.6 is 0 Å². The fraction of sp³-hybridized carbons (Fsp3) is 0.500. The van der Waals surface area contributed by atoms with Gasteiger partial charge in [0.15, 0.2) is 5.69 Å². The lowest BCUT2D eigenvalue weighted by Gasteiger charge is -2.14. The summed E-state index contributed by atoms with van der Waals surface area (Å²) >= 11 is 0. The standard InChI is InChI=1S/C10H17N5O2/c1-4-15-5-7(11)9(13-15)10(17)14(3)6-8(16)12-2/h5H,4,6,11H2,1-3H3,(H,12,16). The summed E-state index contributed by atoms with van der Waals surface area (Å²) in [5.74, 6) is -0.604.